The molecular formula is C11H11F4NO4. The van der Waals surface area contributed by atoms with E-state index in [0.717, 1.165) is 13.3 Å². The van der Waals surface area contributed by atoms with E-state index in [2.05, 4.69) is 19.2 Å². The molecule has 9 heteroatoms. The van der Waals surface area contributed by atoms with Gasteiger partial charge in [-0.25, -0.2) is 14.2 Å². The molecule has 0 aliphatic heterocycles. The number of alkyl halides is 4. The number of carbonyl (C=O) groups is 1. The second-order valence-electron chi connectivity index (χ2n) is 3.39. The van der Waals surface area contributed by atoms with Crippen LogP contribution in [0.15, 0.2) is 6.20 Å². The maximum Gasteiger partial charge on any atom is 0.573 e. The number of esters is 1. The molecule has 0 amide bonds. The highest BCUT2D eigenvalue weighted by Crippen LogP contribution is 2.35. The summed E-state index contributed by atoms with van der Waals surface area (Å²) in [6.07, 6.45) is -4.32. The van der Waals surface area contributed by atoms with Gasteiger partial charge in [0.1, 0.15) is 12.2 Å². The fourth-order valence-corrected chi connectivity index (χ4v) is 1.40. The Kier molecular flexibility index (Phi) is 5.12. The van der Waals surface area contributed by atoms with Crippen molar-refractivity contribution < 1.29 is 36.6 Å². The standard InChI is InChI=1S/C11H11F4NO4/c1-3-19-10(17)7-5-16-9(18-2)6(4-12)8(7)20-11(13,14)15/h5H,3-4H2,1-2H3. The van der Waals surface area contributed by atoms with Crippen molar-refractivity contribution >= 4 is 5.97 Å². The summed E-state index contributed by atoms with van der Waals surface area (Å²) >= 11 is 0. The Morgan fingerprint density at radius 2 is 2.05 bits per heavy atom. The first-order valence-corrected chi connectivity index (χ1v) is 5.38. The molecule has 5 nitrogen and oxygen atoms in total. The van der Waals surface area contributed by atoms with E-state index in [1.807, 2.05) is 0 Å². The molecule has 0 aliphatic rings. The van der Waals surface area contributed by atoms with Crippen LogP contribution in [-0.2, 0) is 11.4 Å². The van der Waals surface area contributed by atoms with E-state index >= 15 is 0 Å². The molecular weight excluding hydrogens is 286 g/mol. The number of rotatable bonds is 5. The van der Waals surface area contributed by atoms with Crippen LogP contribution in [0.25, 0.3) is 0 Å². The minimum Gasteiger partial charge on any atom is -0.481 e. The third kappa shape index (κ3) is 3.72. The number of halogens is 4. The van der Waals surface area contributed by atoms with Gasteiger partial charge in [0.2, 0.25) is 5.88 Å². The molecule has 0 saturated carbocycles. The minimum absolute atomic E-state index is 0.0682. The van der Waals surface area contributed by atoms with Crippen molar-refractivity contribution in [3.05, 3.63) is 17.3 Å². The van der Waals surface area contributed by atoms with Gasteiger partial charge in [-0.1, -0.05) is 0 Å². The average molecular weight is 297 g/mol. The molecule has 0 unspecified atom stereocenters. The van der Waals surface area contributed by atoms with Crippen LogP contribution < -0.4 is 9.47 Å². The Morgan fingerprint density at radius 3 is 2.50 bits per heavy atom. The van der Waals surface area contributed by atoms with Gasteiger partial charge in [0, 0.05) is 6.20 Å². The van der Waals surface area contributed by atoms with Crippen LogP contribution in [0.3, 0.4) is 0 Å². The van der Waals surface area contributed by atoms with E-state index in [0.29, 0.717) is 0 Å². The van der Waals surface area contributed by atoms with Crippen LogP contribution in [-0.4, -0.2) is 31.0 Å². The highest BCUT2D eigenvalue weighted by molar-refractivity contribution is 5.93. The Morgan fingerprint density at radius 1 is 1.40 bits per heavy atom. The lowest BCUT2D eigenvalue weighted by molar-refractivity contribution is -0.275. The third-order valence-electron chi connectivity index (χ3n) is 2.13. The number of hydrogen-bond acceptors (Lipinski definition) is 5. The Labute approximate surface area is 111 Å². The van der Waals surface area contributed by atoms with Crippen molar-refractivity contribution in [3.8, 4) is 11.6 Å². The second kappa shape index (κ2) is 6.40. The molecule has 1 aromatic rings. The lowest BCUT2D eigenvalue weighted by Gasteiger charge is -2.16. The van der Waals surface area contributed by atoms with Gasteiger partial charge in [-0.2, -0.15) is 0 Å². The fraction of sp³-hybridized carbons (Fsp3) is 0.455. The van der Waals surface area contributed by atoms with Crippen LogP contribution in [0.2, 0.25) is 0 Å². The van der Waals surface area contributed by atoms with Crippen molar-refractivity contribution in [2.24, 2.45) is 0 Å². The minimum atomic E-state index is -5.10. The molecule has 1 heterocycles. The van der Waals surface area contributed by atoms with Gasteiger partial charge in [0.15, 0.2) is 5.75 Å². The Balaban J connectivity index is 3.39. The van der Waals surface area contributed by atoms with E-state index < -0.39 is 41.8 Å². The van der Waals surface area contributed by atoms with Crippen LogP contribution in [0, 0.1) is 0 Å². The van der Waals surface area contributed by atoms with Crippen molar-refractivity contribution in [2.75, 3.05) is 13.7 Å². The molecule has 0 aliphatic carbocycles. The smallest absolute Gasteiger partial charge is 0.481 e. The number of aromatic nitrogens is 1. The summed E-state index contributed by atoms with van der Waals surface area (Å²) in [7, 11) is 1.10. The van der Waals surface area contributed by atoms with Crippen LogP contribution in [0.4, 0.5) is 17.6 Å². The molecule has 20 heavy (non-hydrogen) atoms. The summed E-state index contributed by atoms with van der Waals surface area (Å²) < 4.78 is 62.9. The van der Waals surface area contributed by atoms with E-state index in [9.17, 15) is 22.4 Å². The zero-order chi connectivity index (χ0) is 15.3. The van der Waals surface area contributed by atoms with Gasteiger partial charge in [-0.15, -0.1) is 13.2 Å². The van der Waals surface area contributed by atoms with Gasteiger partial charge in [-0.3, -0.25) is 0 Å². The van der Waals surface area contributed by atoms with Crippen molar-refractivity contribution in [1.29, 1.82) is 0 Å². The number of pyridine rings is 1. The van der Waals surface area contributed by atoms with Crippen LogP contribution in [0.5, 0.6) is 11.6 Å². The highest BCUT2D eigenvalue weighted by Gasteiger charge is 2.36. The van der Waals surface area contributed by atoms with E-state index in [-0.39, 0.29) is 6.61 Å². The average Bonchev–Trinajstić information content (AvgIpc) is 2.36. The van der Waals surface area contributed by atoms with Crippen molar-refractivity contribution in [2.45, 2.75) is 20.0 Å². The van der Waals surface area contributed by atoms with Gasteiger partial charge >= 0.3 is 12.3 Å². The quantitative estimate of drug-likeness (QED) is 0.617. The maximum absolute atomic E-state index is 12.9. The maximum atomic E-state index is 12.9. The number of carbonyl (C=O) groups excluding carboxylic acids is 1. The molecule has 0 spiro atoms. The monoisotopic (exact) mass is 297 g/mol. The van der Waals surface area contributed by atoms with Gasteiger partial charge in [0.25, 0.3) is 0 Å². The zero-order valence-electron chi connectivity index (χ0n) is 10.6. The molecule has 1 rings (SSSR count). The summed E-state index contributed by atoms with van der Waals surface area (Å²) in [5.74, 6) is -2.51. The molecule has 0 aromatic carbocycles. The molecule has 112 valence electrons. The normalized spacial score (nSPS) is 11.1. The summed E-state index contributed by atoms with van der Waals surface area (Å²) in [6, 6.07) is 0. The van der Waals surface area contributed by atoms with Crippen LogP contribution >= 0.6 is 0 Å². The Hall–Kier alpha value is -2.06. The molecule has 0 radical (unpaired) electrons. The lowest BCUT2D eigenvalue weighted by Crippen LogP contribution is -2.21. The van der Waals surface area contributed by atoms with Gasteiger partial charge < -0.3 is 14.2 Å². The van der Waals surface area contributed by atoms with E-state index in [4.69, 9.17) is 0 Å². The van der Waals surface area contributed by atoms with Gasteiger partial charge in [-0.05, 0) is 6.92 Å². The molecule has 0 saturated heterocycles. The Bertz CT molecular complexity index is 490. The predicted molar refractivity (Wildman–Crippen MR) is 58.2 cm³/mol. The SMILES string of the molecule is CCOC(=O)c1cnc(OC)c(CF)c1OC(F)(F)F. The number of ether oxygens (including phenoxy) is 3. The first kappa shape index (κ1) is 16.0. The van der Waals surface area contributed by atoms with Crippen molar-refractivity contribution in [3.63, 3.8) is 0 Å². The van der Waals surface area contributed by atoms with E-state index in [1.165, 1.54) is 6.92 Å². The summed E-state index contributed by atoms with van der Waals surface area (Å²) in [5, 5.41) is 0. The molecule has 0 atom stereocenters. The number of methoxy groups -OCH3 is 1. The number of hydrogen-bond donors (Lipinski definition) is 0. The molecule has 1 aromatic heterocycles. The number of nitrogens with zero attached hydrogens (tertiary/aromatic N) is 1. The lowest BCUT2D eigenvalue weighted by atomic mass is 10.1. The second-order valence-corrected chi connectivity index (χ2v) is 3.39. The van der Waals surface area contributed by atoms with Crippen LogP contribution in [0.1, 0.15) is 22.8 Å². The van der Waals surface area contributed by atoms with E-state index in [1.54, 1.807) is 0 Å². The summed E-state index contributed by atoms with van der Waals surface area (Å²) in [6.45, 7) is 0.0469. The third-order valence-corrected chi connectivity index (χ3v) is 2.13. The summed E-state index contributed by atoms with van der Waals surface area (Å²) in [4.78, 5) is 15.1. The zero-order valence-corrected chi connectivity index (χ0v) is 10.6. The fourth-order valence-electron chi connectivity index (χ4n) is 1.40. The largest absolute Gasteiger partial charge is 0.573 e. The van der Waals surface area contributed by atoms with Crippen molar-refractivity contribution in [1.82, 2.24) is 4.98 Å². The summed E-state index contributed by atoms with van der Waals surface area (Å²) in [5.41, 5.74) is -1.24. The topological polar surface area (TPSA) is 57.7 Å². The molecule has 0 bridgehead atoms. The predicted octanol–water partition coefficient (Wildman–Crippen LogP) is 2.64. The highest BCUT2D eigenvalue weighted by atomic mass is 19.4. The molecule has 0 N–H and O–H groups in total. The first-order valence-electron chi connectivity index (χ1n) is 5.38. The molecule has 0 fully saturated rings. The van der Waals surface area contributed by atoms with Gasteiger partial charge in [0.05, 0.1) is 19.3 Å². The first-order chi connectivity index (χ1) is 9.34.